The van der Waals surface area contributed by atoms with Gasteiger partial charge in [0.25, 0.3) is 0 Å². The molecule has 0 aliphatic heterocycles. The van der Waals surface area contributed by atoms with E-state index in [4.69, 9.17) is 0 Å². The van der Waals surface area contributed by atoms with Gasteiger partial charge in [-0.3, -0.25) is 4.79 Å². The third-order valence-corrected chi connectivity index (χ3v) is 5.65. The largest absolute Gasteiger partial charge is 0.301 e. The summed E-state index contributed by atoms with van der Waals surface area (Å²) < 4.78 is 1.15. The first-order valence-corrected chi connectivity index (χ1v) is 8.51. The van der Waals surface area contributed by atoms with E-state index in [1.807, 2.05) is 0 Å². The molecule has 0 aromatic carbocycles. The van der Waals surface area contributed by atoms with E-state index in [1.165, 1.54) is 11.3 Å². The number of rotatable bonds is 4. The number of hydrogen-bond donors (Lipinski definition) is 0. The summed E-state index contributed by atoms with van der Waals surface area (Å²) in [5.74, 6) is 0.676. The molecular formula is C15H22BrNOS. The van der Waals surface area contributed by atoms with Crippen LogP contribution < -0.4 is 0 Å². The molecule has 1 aliphatic carbocycles. The zero-order valence-corrected chi connectivity index (χ0v) is 14.3. The first-order chi connectivity index (χ1) is 8.88. The van der Waals surface area contributed by atoms with E-state index < -0.39 is 0 Å². The lowest BCUT2D eigenvalue weighted by Gasteiger charge is -2.35. The Bertz CT molecular complexity index is 455. The quantitative estimate of drug-likeness (QED) is 0.810. The number of ketones is 1. The van der Waals surface area contributed by atoms with Gasteiger partial charge in [-0.05, 0) is 41.9 Å². The van der Waals surface area contributed by atoms with Gasteiger partial charge in [0.05, 0.1) is 0 Å². The second kappa shape index (κ2) is 6.06. The fraction of sp³-hybridized carbons (Fsp3) is 0.667. The summed E-state index contributed by atoms with van der Waals surface area (Å²) in [6.45, 7) is 6.01. The van der Waals surface area contributed by atoms with Crippen LogP contribution in [0.5, 0.6) is 0 Å². The highest BCUT2D eigenvalue weighted by Gasteiger charge is 2.37. The Balaban J connectivity index is 1.91. The summed E-state index contributed by atoms with van der Waals surface area (Å²) in [4.78, 5) is 16.0. The Morgan fingerprint density at radius 2 is 2.26 bits per heavy atom. The van der Waals surface area contributed by atoms with Gasteiger partial charge in [-0.15, -0.1) is 11.3 Å². The van der Waals surface area contributed by atoms with E-state index >= 15 is 0 Å². The van der Waals surface area contributed by atoms with Crippen molar-refractivity contribution >= 4 is 33.0 Å². The minimum absolute atomic E-state index is 0.115. The Hall–Kier alpha value is -0.190. The molecule has 4 heteroatoms. The molecule has 1 saturated carbocycles. The monoisotopic (exact) mass is 343 g/mol. The SMILES string of the molecule is CN(Cc1cc(Br)cs1)CC1CCCC(C)(C)C1=O. The Kier molecular flexibility index (Phi) is 4.85. The summed E-state index contributed by atoms with van der Waals surface area (Å²) in [5.41, 5.74) is -0.115. The molecule has 0 bridgehead atoms. The molecular weight excluding hydrogens is 322 g/mol. The first kappa shape index (κ1) is 15.2. The lowest BCUT2D eigenvalue weighted by atomic mass is 9.71. The van der Waals surface area contributed by atoms with Crippen LogP contribution >= 0.6 is 27.3 Å². The Labute approximate surface area is 128 Å². The average molecular weight is 344 g/mol. The van der Waals surface area contributed by atoms with Gasteiger partial charge in [0.15, 0.2) is 0 Å². The molecule has 1 aromatic heterocycles. The average Bonchev–Trinajstić information content (AvgIpc) is 2.70. The molecule has 1 aromatic rings. The fourth-order valence-electron chi connectivity index (χ4n) is 2.92. The van der Waals surface area contributed by atoms with Gasteiger partial charge in [0.1, 0.15) is 5.78 Å². The maximum atomic E-state index is 12.4. The van der Waals surface area contributed by atoms with Crippen molar-refractivity contribution in [3.05, 3.63) is 20.8 Å². The van der Waals surface area contributed by atoms with Crippen LogP contribution in [-0.2, 0) is 11.3 Å². The van der Waals surface area contributed by atoms with E-state index in [1.54, 1.807) is 11.3 Å². The van der Waals surface area contributed by atoms with Crippen LogP contribution in [0.25, 0.3) is 0 Å². The summed E-state index contributed by atoms with van der Waals surface area (Å²) >= 11 is 5.25. The zero-order chi connectivity index (χ0) is 14.0. The lowest BCUT2D eigenvalue weighted by Crippen LogP contribution is -2.40. The van der Waals surface area contributed by atoms with E-state index in [-0.39, 0.29) is 11.3 Å². The van der Waals surface area contributed by atoms with Gasteiger partial charge in [0, 0.05) is 39.2 Å². The van der Waals surface area contributed by atoms with Crippen molar-refractivity contribution < 1.29 is 4.79 Å². The van der Waals surface area contributed by atoms with E-state index in [2.05, 4.69) is 53.2 Å². The van der Waals surface area contributed by atoms with Crippen LogP contribution in [0, 0.1) is 11.3 Å². The van der Waals surface area contributed by atoms with E-state index in [9.17, 15) is 4.79 Å². The molecule has 0 N–H and O–H groups in total. The van der Waals surface area contributed by atoms with Gasteiger partial charge < -0.3 is 4.90 Å². The molecule has 0 amide bonds. The van der Waals surface area contributed by atoms with Crippen LogP contribution in [0.2, 0.25) is 0 Å². The van der Waals surface area contributed by atoms with Gasteiger partial charge in [0.2, 0.25) is 0 Å². The van der Waals surface area contributed by atoms with Gasteiger partial charge in [-0.1, -0.05) is 20.3 Å². The van der Waals surface area contributed by atoms with Crippen LogP contribution in [0.1, 0.15) is 38.0 Å². The molecule has 0 radical (unpaired) electrons. The van der Waals surface area contributed by atoms with Crippen LogP contribution in [0.3, 0.4) is 0 Å². The predicted octanol–water partition coefficient (Wildman–Crippen LogP) is 4.34. The molecule has 1 fully saturated rings. The minimum Gasteiger partial charge on any atom is -0.301 e. The van der Waals surface area contributed by atoms with Crippen LogP contribution in [-0.4, -0.2) is 24.3 Å². The highest BCUT2D eigenvalue weighted by molar-refractivity contribution is 9.10. The second-order valence-corrected chi connectivity index (χ2v) is 8.18. The highest BCUT2D eigenvalue weighted by Crippen LogP contribution is 2.35. The molecule has 1 aliphatic rings. The Morgan fingerprint density at radius 3 is 2.89 bits per heavy atom. The topological polar surface area (TPSA) is 20.3 Å². The van der Waals surface area contributed by atoms with E-state index in [0.717, 1.165) is 30.4 Å². The van der Waals surface area contributed by atoms with E-state index in [0.29, 0.717) is 5.78 Å². The summed E-state index contributed by atoms with van der Waals surface area (Å²) in [6.07, 6.45) is 3.28. The van der Waals surface area contributed by atoms with Crippen molar-refractivity contribution in [1.29, 1.82) is 0 Å². The van der Waals surface area contributed by atoms with Crippen molar-refractivity contribution in [2.45, 2.75) is 39.7 Å². The Morgan fingerprint density at radius 1 is 1.53 bits per heavy atom. The lowest BCUT2D eigenvalue weighted by molar-refractivity contribution is -0.134. The number of Topliss-reactive ketones (excluding diaryl/α,β-unsaturated/α-hetero) is 1. The molecule has 2 rings (SSSR count). The van der Waals surface area contributed by atoms with Crippen molar-refractivity contribution in [1.82, 2.24) is 4.90 Å². The molecule has 0 spiro atoms. The molecule has 106 valence electrons. The van der Waals surface area contributed by atoms with Crippen molar-refractivity contribution in [3.8, 4) is 0 Å². The number of carbonyl (C=O) groups excluding carboxylic acids is 1. The molecule has 1 atom stereocenters. The smallest absolute Gasteiger partial charge is 0.142 e. The minimum atomic E-state index is -0.115. The van der Waals surface area contributed by atoms with Gasteiger partial charge in [-0.2, -0.15) is 0 Å². The third-order valence-electron chi connectivity index (χ3n) is 3.97. The predicted molar refractivity (Wildman–Crippen MR) is 84.5 cm³/mol. The normalized spacial score (nSPS) is 23.0. The van der Waals surface area contributed by atoms with Crippen molar-refractivity contribution in [2.24, 2.45) is 11.3 Å². The summed E-state index contributed by atoms with van der Waals surface area (Å²) in [7, 11) is 2.11. The number of halogens is 1. The molecule has 19 heavy (non-hydrogen) atoms. The maximum absolute atomic E-state index is 12.4. The molecule has 1 heterocycles. The second-order valence-electron chi connectivity index (χ2n) is 6.27. The number of hydrogen-bond acceptors (Lipinski definition) is 3. The van der Waals surface area contributed by atoms with Crippen molar-refractivity contribution in [3.63, 3.8) is 0 Å². The molecule has 0 saturated heterocycles. The summed E-state index contributed by atoms with van der Waals surface area (Å²) in [5, 5.41) is 2.11. The highest BCUT2D eigenvalue weighted by atomic mass is 79.9. The standard InChI is InChI=1S/C15H22BrNOS/c1-15(2)6-4-5-11(14(15)18)8-17(3)9-13-7-12(16)10-19-13/h7,10-11H,4-6,8-9H2,1-3H3. The van der Waals surface area contributed by atoms with Crippen LogP contribution in [0.4, 0.5) is 0 Å². The van der Waals surface area contributed by atoms with Gasteiger partial charge >= 0.3 is 0 Å². The molecule has 2 nitrogen and oxygen atoms in total. The third kappa shape index (κ3) is 3.89. The van der Waals surface area contributed by atoms with Gasteiger partial charge in [-0.25, -0.2) is 0 Å². The summed E-state index contributed by atoms with van der Waals surface area (Å²) in [6, 6.07) is 2.16. The first-order valence-electron chi connectivity index (χ1n) is 6.84. The molecule has 1 unspecified atom stereocenters. The maximum Gasteiger partial charge on any atom is 0.142 e. The van der Waals surface area contributed by atoms with Crippen LogP contribution in [0.15, 0.2) is 15.9 Å². The number of thiophene rings is 1. The number of carbonyl (C=O) groups is 1. The number of nitrogens with zero attached hydrogens (tertiary/aromatic N) is 1. The fourth-order valence-corrected chi connectivity index (χ4v) is 4.45. The zero-order valence-electron chi connectivity index (χ0n) is 11.9. The van der Waals surface area contributed by atoms with Crippen molar-refractivity contribution in [2.75, 3.05) is 13.6 Å².